The van der Waals surface area contributed by atoms with E-state index in [1.807, 2.05) is 0 Å². The Morgan fingerprint density at radius 3 is 2.56 bits per heavy atom. The first kappa shape index (κ1) is 13.0. The maximum absolute atomic E-state index is 13.1. The van der Waals surface area contributed by atoms with Crippen LogP contribution >= 0.6 is 15.9 Å². The van der Waals surface area contributed by atoms with Crippen LogP contribution in [0.3, 0.4) is 0 Å². The summed E-state index contributed by atoms with van der Waals surface area (Å²) in [5.41, 5.74) is -1.09. The highest BCUT2D eigenvalue weighted by Crippen LogP contribution is 2.32. The van der Waals surface area contributed by atoms with E-state index in [1.54, 1.807) is 0 Å². The Morgan fingerprint density at radius 1 is 1.39 bits per heavy atom. The van der Waals surface area contributed by atoms with Gasteiger partial charge in [0.15, 0.2) is 0 Å². The Bertz CT molecular complexity index is 514. The number of carboxylic acids is 1. The van der Waals surface area contributed by atoms with Crippen LogP contribution in [0, 0.1) is 5.82 Å². The zero-order valence-corrected chi connectivity index (χ0v) is 11.0. The average molecular weight is 316 g/mol. The number of aliphatic carboxylic acids is 1. The molecule has 1 aromatic carbocycles. The van der Waals surface area contributed by atoms with Gasteiger partial charge in [-0.25, -0.2) is 9.18 Å². The minimum atomic E-state index is -1.19. The average Bonchev–Trinajstić information content (AvgIpc) is 2.26. The quantitative estimate of drug-likeness (QED) is 0.899. The number of benzene rings is 1. The summed E-state index contributed by atoms with van der Waals surface area (Å²) >= 11 is 3.14. The molecule has 0 atom stereocenters. The highest BCUT2D eigenvalue weighted by Gasteiger charge is 2.45. The van der Waals surface area contributed by atoms with Crippen LogP contribution in [-0.4, -0.2) is 22.5 Å². The molecule has 18 heavy (non-hydrogen) atoms. The third-order valence-electron chi connectivity index (χ3n) is 3.14. The number of carboxylic acid groups (broad SMARTS) is 1. The number of halogens is 2. The maximum Gasteiger partial charge on any atom is 0.329 e. The van der Waals surface area contributed by atoms with E-state index in [0.29, 0.717) is 17.3 Å². The van der Waals surface area contributed by atoms with Gasteiger partial charge in [-0.05, 0) is 53.4 Å². The third kappa shape index (κ3) is 2.25. The number of carbonyl (C=O) groups is 2. The highest BCUT2D eigenvalue weighted by atomic mass is 79.9. The smallest absolute Gasteiger partial charge is 0.329 e. The summed E-state index contributed by atoms with van der Waals surface area (Å²) in [6.07, 6.45) is 1.57. The van der Waals surface area contributed by atoms with Crippen molar-refractivity contribution < 1.29 is 19.1 Å². The van der Waals surface area contributed by atoms with Gasteiger partial charge >= 0.3 is 5.97 Å². The SMILES string of the molecule is O=C(NC1(C(=O)O)CCC1)c1cc(F)ccc1Br. The van der Waals surface area contributed by atoms with E-state index in [1.165, 1.54) is 12.1 Å². The van der Waals surface area contributed by atoms with Gasteiger partial charge in [0.25, 0.3) is 5.91 Å². The van der Waals surface area contributed by atoms with Crippen LogP contribution in [0.5, 0.6) is 0 Å². The van der Waals surface area contributed by atoms with Gasteiger partial charge in [-0.15, -0.1) is 0 Å². The van der Waals surface area contributed by atoms with Crippen LogP contribution in [0.15, 0.2) is 22.7 Å². The monoisotopic (exact) mass is 315 g/mol. The second kappa shape index (κ2) is 4.68. The largest absolute Gasteiger partial charge is 0.480 e. The molecule has 1 saturated carbocycles. The van der Waals surface area contributed by atoms with Gasteiger partial charge in [-0.1, -0.05) is 0 Å². The van der Waals surface area contributed by atoms with Crippen molar-refractivity contribution in [3.05, 3.63) is 34.1 Å². The normalized spacial score (nSPS) is 16.8. The lowest BCUT2D eigenvalue weighted by Crippen LogP contribution is -2.59. The van der Waals surface area contributed by atoms with E-state index in [0.717, 1.165) is 12.5 Å². The topological polar surface area (TPSA) is 66.4 Å². The van der Waals surface area contributed by atoms with Crippen LogP contribution in [0.1, 0.15) is 29.6 Å². The predicted molar refractivity (Wildman–Crippen MR) is 65.8 cm³/mol. The van der Waals surface area contributed by atoms with E-state index < -0.39 is 23.2 Å². The van der Waals surface area contributed by atoms with E-state index in [4.69, 9.17) is 5.11 Å². The first-order valence-corrected chi connectivity index (χ1v) is 6.25. The van der Waals surface area contributed by atoms with Gasteiger partial charge in [0.2, 0.25) is 0 Å². The summed E-state index contributed by atoms with van der Waals surface area (Å²) < 4.78 is 13.5. The van der Waals surface area contributed by atoms with Crippen molar-refractivity contribution in [1.29, 1.82) is 0 Å². The second-order valence-electron chi connectivity index (χ2n) is 4.32. The molecule has 1 aliphatic rings. The van der Waals surface area contributed by atoms with Gasteiger partial charge in [-0.2, -0.15) is 0 Å². The molecule has 0 aliphatic heterocycles. The van der Waals surface area contributed by atoms with Crippen molar-refractivity contribution in [1.82, 2.24) is 5.32 Å². The van der Waals surface area contributed by atoms with Gasteiger partial charge in [-0.3, -0.25) is 4.79 Å². The Labute approximate surface area is 111 Å². The molecule has 2 N–H and O–H groups in total. The Kier molecular flexibility index (Phi) is 3.38. The van der Waals surface area contributed by atoms with Crippen LogP contribution in [0.25, 0.3) is 0 Å². The summed E-state index contributed by atoms with van der Waals surface area (Å²) in [5, 5.41) is 11.6. The minimum absolute atomic E-state index is 0.0996. The van der Waals surface area contributed by atoms with Gasteiger partial charge in [0, 0.05) is 4.47 Å². The molecule has 0 heterocycles. The zero-order valence-electron chi connectivity index (χ0n) is 9.37. The van der Waals surface area contributed by atoms with Gasteiger partial charge in [0.05, 0.1) is 5.56 Å². The predicted octanol–water partition coefficient (Wildman–Crippen LogP) is 2.33. The van der Waals surface area contributed by atoms with Crippen LogP contribution in [-0.2, 0) is 4.79 Å². The fourth-order valence-electron chi connectivity index (χ4n) is 1.88. The fourth-order valence-corrected chi connectivity index (χ4v) is 2.31. The standard InChI is InChI=1S/C12H11BrFNO3/c13-9-3-2-7(14)6-8(9)10(16)15-12(11(17)18)4-1-5-12/h2-3,6H,1,4-5H2,(H,15,16)(H,17,18). The van der Waals surface area contributed by atoms with Crippen LogP contribution < -0.4 is 5.32 Å². The Hall–Kier alpha value is -1.43. The molecule has 4 nitrogen and oxygen atoms in total. The summed E-state index contributed by atoms with van der Waals surface area (Å²) in [6.45, 7) is 0. The van der Waals surface area contributed by atoms with Crippen molar-refractivity contribution in [2.24, 2.45) is 0 Å². The Balaban J connectivity index is 2.22. The summed E-state index contributed by atoms with van der Waals surface area (Å²) in [4.78, 5) is 23.1. The molecular weight excluding hydrogens is 305 g/mol. The molecule has 1 amide bonds. The lowest BCUT2D eigenvalue weighted by molar-refractivity contribution is -0.148. The van der Waals surface area contributed by atoms with E-state index in [9.17, 15) is 14.0 Å². The van der Waals surface area contributed by atoms with E-state index >= 15 is 0 Å². The number of amides is 1. The van der Waals surface area contributed by atoms with E-state index in [2.05, 4.69) is 21.2 Å². The van der Waals surface area contributed by atoms with Crippen molar-refractivity contribution in [3.63, 3.8) is 0 Å². The highest BCUT2D eigenvalue weighted by molar-refractivity contribution is 9.10. The first-order chi connectivity index (χ1) is 8.44. The molecule has 1 aromatic rings. The van der Waals surface area contributed by atoms with Gasteiger partial charge in [0.1, 0.15) is 11.4 Å². The lowest BCUT2D eigenvalue weighted by Gasteiger charge is -2.38. The van der Waals surface area contributed by atoms with Crippen molar-refractivity contribution >= 4 is 27.8 Å². The molecule has 0 saturated heterocycles. The number of carbonyl (C=O) groups excluding carboxylic acids is 1. The fraction of sp³-hybridized carbons (Fsp3) is 0.333. The van der Waals surface area contributed by atoms with Crippen molar-refractivity contribution in [2.45, 2.75) is 24.8 Å². The van der Waals surface area contributed by atoms with Gasteiger partial charge < -0.3 is 10.4 Å². The number of nitrogens with one attached hydrogen (secondary N) is 1. The molecular formula is C12H11BrFNO3. The Morgan fingerprint density at radius 2 is 2.06 bits per heavy atom. The zero-order chi connectivity index (χ0) is 13.3. The van der Waals surface area contributed by atoms with Crippen LogP contribution in [0.4, 0.5) is 4.39 Å². The molecule has 1 fully saturated rings. The summed E-state index contributed by atoms with van der Waals surface area (Å²) in [5.74, 6) is -2.17. The number of hydrogen-bond donors (Lipinski definition) is 2. The molecule has 0 bridgehead atoms. The molecule has 1 aliphatic carbocycles. The lowest BCUT2D eigenvalue weighted by atomic mass is 9.76. The molecule has 0 spiro atoms. The third-order valence-corrected chi connectivity index (χ3v) is 3.83. The summed E-state index contributed by atoms with van der Waals surface area (Å²) in [7, 11) is 0. The van der Waals surface area contributed by atoms with E-state index in [-0.39, 0.29) is 5.56 Å². The molecule has 6 heteroatoms. The molecule has 0 radical (unpaired) electrons. The first-order valence-electron chi connectivity index (χ1n) is 5.45. The second-order valence-corrected chi connectivity index (χ2v) is 5.17. The number of rotatable bonds is 3. The molecule has 0 unspecified atom stereocenters. The van der Waals surface area contributed by atoms with Crippen molar-refractivity contribution in [2.75, 3.05) is 0 Å². The maximum atomic E-state index is 13.1. The minimum Gasteiger partial charge on any atom is -0.480 e. The number of hydrogen-bond acceptors (Lipinski definition) is 2. The summed E-state index contributed by atoms with van der Waals surface area (Å²) in [6, 6.07) is 3.71. The molecule has 0 aromatic heterocycles. The molecule has 2 rings (SSSR count). The molecule has 96 valence electrons. The van der Waals surface area contributed by atoms with Crippen LogP contribution in [0.2, 0.25) is 0 Å². The van der Waals surface area contributed by atoms with Crippen molar-refractivity contribution in [3.8, 4) is 0 Å².